The van der Waals surface area contributed by atoms with Gasteiger partial charge in [0, 0.05) is 24.1 Å². The fourth-order valence-corrected chi connectivity index (χ4v) is 3.89. The van der Waals surface area contributed by atoms with Gasteiger partial charge in [-0.25, -0.2) is 0 Å². The Hall–Kier alpha value is -2.24. The molecular weight excluding hydrogens is 346 g/mol. The molecule has 0 amide bonds. The van der Waals surface area contributed by atoms with E-state index in [0.29, 0.717) is 13.0 Å². The molecule has 4 nitrogen and oxygen atoms in total. The predicted octanol–water partition coefficient (Wildman–Crippen LogP) is 4.29. The van der Waals surface area contributed by atoms with Crippen molar-refractivity contribution >= 4 is 38.0 Å². The van der Waals surface area contributed by atoms with E-state index in [1.165, 1.54) is 11.1 Å². The Kier molecular flexibility index (Phi) is 5.12. The highest BCUT2D eigenvalue weighted by molar-refractivity contribution is 7.85. The zero-order valence-electron chi connectivity index (χ0n) is 15.4. The standard InChI is InChI=1S/C21H23NO3S/c1-15(2)13-19-17-7-4-5-8-20(17)22(11-6-12-26(23,24)25)21-14-16(3)9-10-18(19)21/h4-5,7-10,13-14H,6,11-12H2,1-3H3/p+1. The second-order valence-corrected chi connectivity index (χ2v) is 8.54. The minimum atomic E-state index is -3.96. The molecule has 1 N–H and O–H groups in total. The van der Waals surface area contributed by atoms with Crippen LogP contribution in [0.3, 0.4) is 0 Å². The first-order chi connectivity index (χ1) is 12.3. The van der Waals surface area contributed by atoms with Crippen LogP contribution in [0.25, 0.3) is 27.9 Å². The van der Waals surface area contributed by atoms with Crippen LogP contribution < -0.4 is 4.57 Å². The van der Waals surface area contributed by atoms with Crippen molar-refractivity contribution in [2.45, 2.75) is 33.7 Å². The molecule has 0 aliphatic carbocycles. The van der Waals surface area contributed by atoms with Crippen LogP contribution in [0.1, 0.15) is 31.4 Å². The quantitative estimate of drug-likeness (QED) is 0.414. The van der Waals surface area contributed by atoms with Crippen molar-refractivity contribution in [3.63, 3.8) is 0 Å². The number of aryl methyl sites for hydroxylation is 2. The summed E-state index contributed by atoms with van der Waals surface area (Å²) < 4.78 is 33.5. The Labute approximate surface area is 154 Å². The first-order valence-electron chi connectivity index (χ1n) is 8.71. The van der Waals surface area contributed by atoms with Crippen molar-refractivity contribution < 1.29 is 17.5 Å². The molecule has 0 saturated carbocycles. The minimum Gasteiger partial charge on any atom is -0.286 e. The van der Waals surface area contributed by atoms with E-state index in [2.05, 4.69) is 61.7 Å². The average molecular weight is 370 g/mol. The number of para-hydroxylation sites is 1. The molecule has 0 radical (unpaired) electrons. The van der Waals surface area contributed by atoms with Crippen molar-refractivity contribution in [1.29, 1.82) is 0 Å². The van der Waals surface area contributed by atoms with Gasteiger partial charge in [0.05, 0.1) is 16.5 Å². The summed E-state index contributed by atoms with van der Waals surface area (Å²) >= 11 is 0. The molecule has 3 aromatic rings. The number of aromatic nitrogens is 1. The van der Waals surface area contributed by atoms with Crippen LogP contribution in [0, 0.1) is 6.92 Å². The van der Waals surface area contributed by atoms with Crippen molar-refractivity contribution in [2.75, 3.05) is 5.75 Å². The van der Waals surface area contributed by atoms with Gasteiger partial charge < -0.3 is 0 Å². The monoisotopic (exact) mass is 370 g/mol. The number of nitrogens with zero attached hydrogens (tertiary/aromatic N) is 1. The molecule has 26 heavy (non-hydrogen) atoms. The van der Waals surface area contributed by atoms with E-state index in [4.69, 9.17) is 4.55 Å². The number of allylic oxidation sites excluding steroid dienone is 1. The zero-order chi connectivity index (χ0) is 18.9. The first kappa shape index (κ1) is 18.5. The summed E-state index contributed by atoms with van der Waals surface area (Å²) in [7, 11) is -3.96. The Morgan fingerprint density at radius 2 is 1.77 bits per heavy atom. The van der Waals surface area contributed by atoms with Gasteiger partial charge in [0.25, 0.3) is 10.1 Å². The molecule has 0 saturated heterocycles. The lowest BCUT2D eigenvalue weighted by molar-refractivity contribution is -0.645. The number of hydrogen-bond donors (Lipinski definition) is 1. The summed E-state index contributed by atoms with van der Waals surface area (Å²) in [5.74, 6) is -0.239. The molecule has 5 heteroatoms. The summed E-state index contributed by atoms with van der Waals surface area (Å²) in [6.45, 7) is 6.75. The fraction of sp³-hybridized carbons (Fsp3) is 0.286. The number of benzene rings is 2. The van der Waals surface area contributed by atoms with Crippen LogP contribution in [0.4, 0.5) is 0 Å². The van der Waals surface area contributed by atoms with Crippen LogP contribution in [0.2, 0.25) is 0 Å². The molecule has 1 heterocycles. The average Bonchev–Trinajstić information content (AvgIpc) is 2.55. The second kappa shape index (κ2) is 7.17. The number of rotatable bonds is 5. The van der Waals surface area contributed by atoms with Gasteiger partial charge in [-0.05, 0) is 38.5 Å². The molecule has 136 valence electrons. The van der Waals surface area contributed by atoms with Gasteiger partial charge in [0.2, 0.25) is 11.0 Å². The maximum atomic E-state index is 11.1. The van der Waals surface area contributed by atoms with Crippen molar-refractivity contribution in [1.82, 2.24) is 0 Å². The number of hydrogen-bond acceptors (Lipinski definition) is 2. The molecular formula is C21H24NO3S+. The Balaban J connectivity index is 2.31. The van der Waals surface area contributed by atoms with E-state index in [9.17, 15) is 8.42 Å². The summed E-state index contributed by atoms with van der Waals surface area (Å²) in [5, 5.41) is 2.28. The van der Waals surface area contributed by atoms with E-state index in [1.54, 1.807) is 0 Å². The summed E-state index contributed by atoms with van der Waals surface area (Å²) in [6, 6.07) is 14.5. The molecule has 0 bridgehead atoms. The molecule has 0 fully saturated rings. The van der Waals surface area contributed by atoms with Gasteiger partial charge in [-0.1, -0.05) is 29.8 Å². The third-order valence-corrected chi connectivity index (χ3v) is 5.24. The lowest BCUT2D eigenvalue weighted by atomic mass is 9.99. The molecule has 0 spiro atoms. The molecule has 0 unspecified atom stereocenters. The predicted molar refractivity (Wildman–Crippen MR) is 107 cm³/mol. The molecule has 0 aliphatic rings. The Morgan fingerprint density at radius 3 is 2.46 bits per heavy atom. The second-order valence-electron chi connectivity index (χ2n) is 6.96. The number of pyridine rings is 1. The molecule has 0 atom stereocenters. The SMILES string of the molecule is CC(C)=Cc1c2ccccc2[n+](CCCS(=O)(=O)O)c2cc(C)ccc12. The summed E-state index contributed by atoms with van der Waals surface area (Å²) in [5.41, 5.74) is 5.70. The van der Waals surface area contributed by atoms with Crippen LogP contribution >= 0.6 is 0 Å². The Bertz CT molecular complexity index is 1110. The third kappa shape index (κ3) is 3.94. The van der Waals surface area contributed by atoms with Gasteiger partial charge >= 0.3 is 0 Å². The molecule has 2 aromatic carbocycles. The fourth-order valence-electron chi connectivity index (χ4n) is 3.39. The van der Waals surface area contributed by atoms with E-state index in [-0.39, 0.29) is 5.75 Å². The first-order valence-corrected chi connectivity index (χ1v) is 10.3. The van der Waals surface area contributed by atoms with Crippen LogP contribution in [0.5, 0.6) is 0 Å². The van der Waals surface area contributed by atoms with Gasteiger partial charge in [0.1, 0.15) is 0 Å². The highest BCUT2D eigenvalue weighted by atomic mass is 32.2. The van der Waals surface area contributed by atoms with E-state index < -0.39 is 10.1 Å². The van der Waals surface area contributed by atoms with Crippen molar-refractivity contribution in [2.24, 2.45) is 0 Å². The van der Waals surface area contributed by atoms with Gasteiger partial charge in [-0.15, -0.1) is 0 Å². The summed E-state index contributed by atoms with van der Waals surface area (Å²) in [4.78, 5) is 0. The van der Waals surface area contributed by atoms with E-state index in [1.807, 2.05) is 12.1 Å². The zero-order valence-corrected chi connectivity index (χ0v) is 16.2. The smallest absolute Gasteiger partial charge is 0.265 e. The normalized spacial score (nSPS) is 11.8. The van der Waals surface area contributed by atoms with E-state index >= 15 is 0 Å². The third-order valence-electron chi connectivity index (χ3n) is 4.44. The largest absolute Gasteiger partial charge is 0.286 e. The summed E-state index contributed by atoms with van der Waals surface area (Å²) in [6.07, 6.45) is 2.56. The maximum Gasteiger partial charge on any atom is 0.265 e. The molecule has 3 rings (SSSR count). The minimum absolute atomic E-state index is 0.239. The maximum absolute atomic E-state index is 11.1. The van der Waals surface area contributed by atoms with Gasteiger partial charge in [0.15, 0.2) is 6.54 Å². The van der Waals surface area contributed by atoms with Gasteiger partial charge in [-0.3, -0.25) is 4.55 Å². The molecule has 0 aliphatic heterocycles. The van der Waals surface area contributed by atoms with Crippen LogP contribution in [0.15, 0.2) is 48.0 Å². The lowest BCUT2D eigenvalue weighted by Crippen LogP contribution is -2.37. The van der Waals surface area contributed by atoms with E-state index in [0.717, 1.165) is 27.4 Å². The highest BCUT2D eigenvalue weighted by Gasteiger charge is 2.20. The highest BCUT2D eigenvalue weighted by Crippen LogP contribution is 2.27. The molecule has 1 aromatic heterocycles. The topological polar surface area (TPSA) is 58.2 Å². The van der Waals surface area contributed by atoms with Crippen molar-refractivity contribution in [3.05, 3.63) is 59.2 Å². The number of fused-ring (bicyclic) bond motifs is 2. The van der Waals surface area contributed by atoms with Gasteiger partial charge in [-0.2, -0.15) is 13.0 Å². The van der Waals surface area contributed by atoms with Crippen molar-refractivity contribution in [3.8, 4) is 0 Å². The lowest BCUT2D eigenvalue weighted by Gasteiger charge is -2.11. The van der Waals surface area contributed by atoms with Crippen LogP contribution in [-0.4, -0.2) is 18.7 Å². The Morgan fingerprint density at radius 1 is 1.08 bits per heavy atom. The van der Waals surface area contributed by atoms with Crippen LogP contribution in [-0.2, 0) is 16.7 Å².